The van der Waals surface area contributed by atoms with Crippen molar-refractivity contribution >= 4 is 15.9 Å². The van der Waals surface area contributed by atoms with E-state index < -0.39 is 0 Å². The van der Waals surface area contributed by atoms with Crippen LogP contribution < -0.4 is 5.32 Å². The molecule has 1 N–H and O–H groups in total. The molecule has 18 heavy (non-hydrogen) atoms. The molecule has 0 aliphatic carbocycles. The Balaban J connectivity index is 2.28. The quantitative estimate of drug-likeness (QED) is 0.909. The lowest BCUT2D eigenvalue weighted by atomic mass is 9.95. The monoisotopic (exact) mass is 313 g/mol. The number of hydrogen-bond acceptors (Lipinski definition) is 2. The molecular weight excluding hydrogens is 297 g/mol. The van der Waals surface area contributed by atoms with Crippen LogP contribution in [0.25, 0.3) is 0 Å². The molecule has 0 fully saturated rings. The van der Waals surface area contributed by atoms with E-state index in [1.807, 2.05) is 18.4 Å². The van der Waals surface area contributed by atoms with Crippen molar-refractivity contribution in [3.63, 3.8) is 0 Å². The molecule has 98 valence electrons. The van der Waals surface area contributed by atoms with Crippen LogP contribution in [0.5, 0.6) is 0 Å². The Morgan fingerprint density at radius 1 is 1.50 bits per heavy atom. The molecule has 0 aromatic heterocycles. The molecule has 0 saturated heterocycles. The van der Waals surface area contributed by atoms with Crippen LogP contribution in [0.2, 0.25) is 0 Å². The summed E-state index contributed by atoms with van der Waals surface area (Å²) < 4.78 is 19.2. The van der Waals surface area contributed by atoms with Gasteiger partial charge in [0.25, 0.3) is 0 Å². The lowest BCUT2D eigenvalue weighted by Gasteiger charge is -2.24. The van der Waals surface area contributed by atoms with Crippen LogP contribution in [0, 0.1) is 5.82 Å². The minimum Gasteiger partial charge on any atom is -0.501 e. The highest BCUT2D eigenvalue weighted by molar-refractivity contribution is 9.10. The van der Waals surface area contributed by atoms with Crippen LogP contribution in [-0.4, -0.2) is 13.2 Å². The smallest absolute Gasteiger partial charge is 0.137 e. The SMILES string of the molecule is CCNC(C1=COCCC1)c1ccc(F)c(Br)c1. The van der Waals surface area contributed by atoms with Crippen LogP contribution in [0.4, 0.5) is 4.39 Å². The van der Waals surface area contributed by atoms with Crippen molar-refractivity contribution in [1.29, 1.82) is 0 Å². The molecule has 1 aliphatic heterocycles. The average molecular weight is 314 g/mol. The number of nitrogens with one attached hydrogen (secondary N) is 1. The molecule has 0 amide bonds. The minimum absolute atomic E-state index is 0.104. The number of halogens is 2. The maximum atomic E-state index is 13.3. The third-order valence-electron chi connectivity index (χ3n) is 3.02. The van der Waals surface area contributed by atoms with Crippen LogP contribution in [0.3, 0.4) is 0 Å². The van der Waals surface area contributed by atoms with Gasteiger partial charge >= 0.3 is 0 Å². The average Bonchev–Trinajstić information content (AvgIpc) is 2.40. The molecule has 0 spiro atoms. The van der Waals surface area contributed by atoms with E-state index >= 15 is 0 Å². The zero-order valence-corrected chi connectivity index (χ0v) is 12.0. The van der Waals surface area contributed by atoms with Gasteiger partial charge in [-0.1, -0.05) is 13.0 Å². The van der Waals surface area contributed by atoms with Crippen molar-refractivity contribution in [2.75, 3.05) is 13.2 Å². The van der Waals surface area contributed by atoms with Crippen molar-refractivity contribution in [3.05, 3.63) is 45.9 Å². The van der Waals surface area contributed by atoms with Gasteiger partial charge < -0.3 is 10.1 Å². The molecule has 1 heterocycles. The molecule has 0 bridgehead atoms. The van der Waals surface area contributed by atoms with Gasteiger partial charge in [-0.15, -0.1) is 0 Å². The Bertz CT molecular complexity index is 447. The second-order valence-electron chi connectivity index (χ2n) is 4.33. The van der Waals surface area contributed by atoms with Crippen molar-refractivity contribution in [3.8, 4) is 0 Å². The van der Waals surface area contributed by atoms with Gasteiger partial charge in [-0.25, -0.2) is 4.39 Å². The van der Waals surface area contributed by atoms with E-state index in [2.05, 4.69) is 28.2 Å². The van der Waals surface area contributed by atoms with Gasteiger partial charge in [-0.2, -0.15) is 0 Å². The summed E-state index contributed by atoms with van der Waals surface area (Å²) in [4.78, 5) is 0. The summed E-state index contributed by atoms with van der Waals surface area (Å²) in [5, 5.41) is 3.42. The number of benzene rings is 1. The fourth-order valence-electron chi connectivity index (χ4n) is 2.16. The van der Waals surface area contributed by atoms with Gasteiger partial charge in [0, 0.05) is 0 Å². The maximum Gasteiger partial charge on any atom is 0.137 e. The molecule has 1 atom stereocenters. The van der Waals surface area contributed by atoms with Gasteiger partial charge in [-0.05, 0) is 58.6 Å². The first-order valence-electron chi connectivity index (χ1n) is 6.21. The van der Waals surface area contributed by atoms with Crippen LogP contribution in [-0.2, 0) is 4.74 Å². The topological polar surface area (TPSA) is 21.3 Å². The number of rotatable bonds is 4. The Labute approximate surface area is 115 Å². The summed E-state index contributed by atoms with van der Waals surface area (Å²) >= 11 is 3.24. The predicted octanol–water partition coefficient (Wildman–Crippen LogP) is 3.93. The van der Waals surface area contributed by atoms with Crippen LogP contribution in [0.15, 0.2) is 34.5 Å². The van der Waals surface area contributed by atoms with Crippen LogP contribution >= 0.6 is 15.9 Å². The van der Waals surface area contributed by atoms with E-state index in [-0.39, 0.29) is 11.9 Å². The highest BCUT2D eigenvalue weighted by Crippen LogP contribution is 2.30. The Morgan fingerprint density at radius 3 is 2.94 bits per heavy atom. The lowest BCUT2D eigenvalue weighted by Crippen LogP contribution is -2.24. The summed E-state index contributed by atoms with van der Waals surface area (Å²) in [6, 6.07) is 5.25. The minimum atomic E-state index is -0.233. The number of hydrogen-bond donors (Lipinski definition) is 1. The van der Waals surface area contributed by atoms with Crippen molar-refractivity contribution < 1.29 is 9.13 Å². The second-order valence-corrected chi connectivity index (χ2v) is 5.19. The second kappa shape index (κ2) is 6.34. The first-order valence-corrected chi connectivity index (χ1v) is 7.00. The molecule has 1 aromatic rings. The molecular formula is C14H17BrFNO. The van der Waals surface area contributed by atoms with E-state index in [0.29, 0.717) is 4.47 Å². The van der Waals surface area contributed by atoms with Crippen molar-refractivity contribution in [2.45, 2.75) is 25.8 Å². The van der Waals surface area contributed by atoms with Gasteiger partial charge in [0.05, 0.1) is 23.4 Å². The Kier molecular flexibility index (Phi) is 4.78. The molecule has 2 rings (SSSR count). The van der Waals surface area contributed by atoms with Crippen molar-refractivity contribution in [1.82, 2.24) is 5.32 Å². The zero-order valence-electron chi connectivity index (χ0n) is 10.4. The van der Waals surface area contributed by atoms with Gasteiger partial charge in [0.2, 0.25) is 0 Å². The predicted molar refractivity (Wildman–Crippen MR) is 73.8 cm³/mol. The fourth-order valence-corrected chi connectivity index (χ4v) is 2.55. The zero-order chi connectivity index (χ0) is 13.0. The first kappa shape index (κ1) is 13.6. The summed E-state index contributed by atoms with van der Waals surface area (Å²) in [6.07, 6.45) is 3.90. The fraction of sp³-hybridized carbons (Fsp3) is 0.429. The molecule has 2 nitrogen and oxygen atoms in total. The van der Waals surface area contributed by atoms with Gasteiger partial charge in [0.15, 0.2) is 0 Å². The summed E-state index contributed by atoms with van der Waals surface area (Å²) in [7, 11) is 0. The van der Waals surface area contributed by atoms with E-state index in [1.54, 1.807) is 0 Å². The molecule has 1 unspecified atom stereocenters. The molecule has 0 radical (unpaired) electrons. The summed E-state index contributed by atoms with van der Waals surface area (Å²) in [5.41, 5.74) is 2.28. The largest absolute Gasteiger partial charge is 0.501 e. The number of likely N-dealkylation sites (N-methyl/N-ethyl adjacent to an activating group) is 1. The highest BCUT2D eigenvalue weighted by Gasteiger charge is 2.19. The van der Waals surface area contributed by atoms with E-state index in [0.717, 1.165) is 31.6 Å². The normalized spacial score (nSPS) is 16.9. The van der Waals surface area contributed by atoms with Gasteiger partial charge in [-0.3, -0.25) is 0 Å². The number of ether oxygens (including phenoxy) is 1. The Morgan fingerprint density at radius 2 is 2.33 bits per heavy atom. The maximum absolute atomic E-state index is 13.3. The van der Waals surface area contributed by atoms with E-state index in [1.165, 1.54) is 11.6 Å². The third-order valence-corrected chi connectivity index (χ3v) is 3.63. The van der Waals surface area contributed by atoms with E-state index in [4.69, 9.17) is 4.74 Å². The molecule has 1 aromatic carbocycles. The summed E-state index contributed by atoms with van der Waals surface area (Å²) in [6.45, 7) is 3.71. The van der Waals surface area contributed by atoms with E-state index in [9.17, 15) is 4.39 Å². The standard InChI is InChI=1S/C14H17BrFNO/c1-2-17-14(11-4-3-7-18-9-11)10-5-6-13(16)12(15)8-10/h5-6,8-9,14,17H,2-4,7H2,1H3. The van der Waals surface area contributed by atoms with Crippen LogP contribution in [0.1, 0.15) is 31.4 Å². The summed E-state index contributed by atoms with van der Waals surface area (Å²) in [5.74, 6) is -0.233. The third kappa shape index (κ3) is 3.12. The Hall–Kier alpha value is -0.870. The first-order chi connectivity index (χ1) is 8.72. The lowest BCUT2D eigenvalue weighted by molar-refractivity contribution is 0.219. The van der Waals surface area contributed by atoms with Gasteiger partial charge in [0.1, 0.15) is 5.82 Å². The van der Waals surface area contributed by atoms with Crippen molar-refractivity contribution in [2.24, 2.45) is 0 Å². The molecule has 1 aliphatic rings. The molecule has 0 saturated carbocycles. The molecule has 4 heteroatoms. The highest BCUT2D eigenvalue weighted by atomic mass is 79.9.